The molecule has 0 atom stereocenters. The SMILES string of the molecule is NC1CCC(NC(=O)CCOc2ccccc2)CC1. The maximum atomic E-state index is 11.8. The molecular weight excluding hydrogens is 240 g/mol. The predicted molar refractivity (Wildman–Crippen MR) is 74.9 cm³/mol. The number of hydrogen-bond acceptors (Lipinski definition) is 3. The van der Waals surface area contributed by atoms with Crippen molar-refractivity contribution >= 4 is 5.91 Å². The monoisotopic (exact) mass is 262 g/mol. The van der Waals surface area contributed by atoms with Crippen LogP contribution in [0.5, 0.6) is 5.75 Å². The van der Waals surface area contributed by atoms with Crippen molar-refractivity contribution in [2.45, 2.75) is 44.2 Å². The maximum absolute atomic E-state index is 11.8. The maximum Gasteiger partial charge on any atom is 0.223 e. The van der Waals surface area contributed by atoms with Gasteiger partial charge < -0.3 is 15.8 Å². The van der Waals surface area contributed by atoms with Crippen molar-refractivity contribution in [3.63, 3.8) is 0 Å². The van der Waals surface area contributed by atoms with Crippen LogP contribution in [0.2, 0.25) is 0 Å². The van der Waals surface area contributed by atoms with E-state index < -0.39 is 0 Å². The van der Waals surface area contributed by atoms with Gasteiger partial charge in [0.05, 0.1) is 13.0 Å². The number of nitrogens with two attached hydrogens (primary N) is 1. The van der Waals surface area contributed by atoms with E-state index in [0.717, 1.165) is 31.4 Å². The Balaban J connectivity index is 1.62. The van der Waals surface area contributed by atoms with E-state index in [9.17, 15) is 4.79 Å². The molecule has 4 nitrogen and oxygen atoms in total. The molecule has 1 aromatic carbocycles. The topological polar surface area (TPSA) is 64.3 Å². The van der Waals surface area contributed by atoms with Crippen molar-refractivity contribution in [3.05, 3.63) is 30.3 Å². The first-order valence-electron chi connectivity index (χ1n) is 6.97. The Bertz CT molecular complexity index is 386. The van der Waals surface area contributed by atoms with Gasteiger partial charge in [0, 0.05) is 12.1 Å². The van der Waals surface area contributed by atoms with Crippen molar-refractivity contribution in [2.24, 2.45) is 5.73 Å². The highest BCUT2D eigenvalue weighted by Crippen LogP contribution is 2.17. The number of carbonyl (C=O) groups is 1. The van der Waals surface area contributed by atoms with Gasteiger partial charge in [-0.25, -0.2) is 0 Å². The Labute approximate surface area is 114 Å². The third kappa shape index (κ3) is 4.91. The van der Waals surface area contributed by atoms with Crippen molar-refractivity contribution in [3.8, 4) is 5.75 Å². The molecule has 3 N–H and O–H groups in total. The molecule has 2 rings (SSSR count). The summed E-state index contributed by atoms with van der Waals surface area (Å²) < 4.78 is 5.50. The average Bonchev–Trinajstić information content (AvgIpc) is 2.43. The fourth-order valence-electron chi connectivity index (χ4n) is 2.34. The highest BCUT2D eigenvalue weighted by Gasteiger charge is 2.19. The number of rotatable bonds is 5. The lowest BCUT2D eigenvalue weighted by atomic mass is 9.92. The molecule has 0 aromatic heterocycles. The predicted octanol–water partition coefficient (Wildman–Crippen LogP) is 1.84. The van der Waals surface area contributed by atoms with Gasteiger partial charge in [0.25, 0.3) is 0 Å². The highest BCUT2D eigenvalue weighted by molar-refractivity contribution is 5.76. The minimum atomic E-state index is 0.0661. The van der Waals surface area contributed by atoms with E-state index in [0.29, 0.717) is 25.1 Å². The van der Waals surface area contributed by atoms with Crippen LogP contribution in [0.25, 0.3) is 0 Å². The van der Waals surface area contributed by atoms with Crippen molar-refractivity contribution in [2.75, 3.05) is 6.61 Å². The Kier molecular flexibility index (Phi) is 5.21. The van der Waals surface area contributed by atoms with E-state index >= 15 is 0 Å². The first-order valence-corrected chi connectivity index (χ1v) is 6.97. The molecular formula is C15H22N2O2. The molecule has 1 amide bonds. The van der Waals surface area contributed by atoms with Crippen LogP contribution in [0, 0.1) is 0 Å². The summed E-state index contributed by atoms with van der Waals surface area (Å²) in [5.74, 6) is 0.871. The zero-order chi connectivity index (χ0) is 13.5. The first-order chi connectivity index (χ1) is 9.24. The molecule has 1 aliphatic rings. The lowest BCUT2D eigenvalue weighted by Crippen LogP contribution is -2.40. The van der Waals surface area contributed by atoms with Gasteiger partial charge in [0.15, 0.2) is 0 Å². The number of nitrogens with one attached hydrogen (secondary N) is 1. The number of ether oxygens (including phenoxy) is 1. The van der Waals surface area contributed by atoms with Gasteiger partial charge >= 0.3 is 0 Å². The van der Waals surface area contributed by atoms with Crippen LogP contribution in [-0.4, -0.2) is 24.6 Å². The largest absolute Gasteiger partial charge is 0.493 e. The Morgan fingerprint density at radius 1 is 1.21 bits per heavy atom. The number of benzene rings is 1. The third-order valence-corrected chi connectivity index (χ3v) is 3.48. The van der Waals surface area contributed by atoms with Gasteiger partial charge in [-0.2, -0.15) is 0 Å². The van der Waals surface area contributed by atoms with Crippen LogP contribution in [0.15, 0.2) is 30.3 Å². The number of para-hydroxylation sites is 1. The molecule has 0 unspecified atom stereocenters. The lowest BCUT2D eigenvalue weighted by molar-refractivity contribution is -0.122. The molecule has 0 radical (unpaired) electrons. The molecule has 0 aliphatic heterocycles. The van der Waals surface area contributed by atoms with Gasteiger partial charge in [-0.05, 0) is 37.8 Å². The summed E-state index contributed by atoms with van der Waals surface area (Å²) in [5, 5.41) is 3.05. The Morgan fingerprint density at radius 3 is 2.58 bits per heavy atom. The van der Waals surface area contributed by atoms with Crippen LogP contribution >= 0.6 is 0 Å². The second-order valence-electron chi connectivity index (χ2n) is 5.09. The molecule has 1 saturated carbocycles. The molecule has 4 heteroatoms. The normalized spacial score (nSPS) is 22.8. The molecule has 19 heavy (non-hydrogen) atoms. The summed E-state index contributed by atoms with van der Waals surface area (Å²) >= 11 is 0. The summed E-state index contributed by atoms with van der Waals surface area (Å²) in [6.45, 7) is 0.419. The molecule has 1 aromatic rings. The summed E-state index contributed by atoms with van der Waals surface area (Å²) in [7, 11) is 0. The number of hydrogen-bond donors (Lipinski definition) is 2. The zero-order valence-electron chi connectivity index (χ0n) is 11.2. The fraction of sp³-hybridized carbons (Fsp3) is 0.533. The van der Waals surface area contributed by atoms with E-state index in [1.54, 1.807) is 0 Å². The van der Waals surface area contributed by atoms with Gasteiger partial charge in [0.1, 0.15) is 5.75 Å². The molecule has 1 aliphatic carbocycles. The van der Waals surface area contributed by atoms with Gasteiger partial charge in [-0.15, -0.1) is 0 Å². The van der Waals surface area contributed by atoms with Crippen LogP contribution in [0.4, 0.5) is 0 Å². The minimum absolute atomic E-state index is 0.0661. The average molecular weight is 262 g/mol. The zero-order valence-corrected chi connectivity index (χ0v) is 11.2. The van der Waals surface area contributed by atoms with Crippen LogP contribution in [-0.2, 0) is 4.79 Å². The van der Waals surface area contributed by atoms with Crippen LogP contribution in [0.3, 0.4) is 0 Å². The van der Waals surface area contributed by atoms with Crippen molar-refractivity contribution in [1.29, 1.82) is 0 Å². The van der Waals surface area contributed by atoms with Gasteiger partial charge in [0.2, 0.25) is 5.91 Å². The quantitative estimate of drug-likeness (QED) is 0.851. The fourth-order valence-corrected chi connectivity index (χ4v) is 2.34. The number of amides is 1. The van der Waals surface area contributed by atoms with E-state index in [4.69, 9.17) is 10.5 Å². The molecule has 104 valence electrons. The summed E-state index contributed by atoms with van der Waals surface area (Å²) in [6, 6.07) is 10.2. The second-order valence-corrected chi connectivity index (χ2v) is 5.09. The molecule has 1 fully saturated rings. The highest BCUT2D eigenvalue weighted by atomic mass is 16.5. The first kappa shape index (κ1) is 13.9. The van der Waals surface area contributed by atoms with Crippen LogP contribution < -0.4 is 15.8 Å². The smallest absolute Gasteiger partial charge is 0.223 e. The Hall–Kier alpha value is -1.55. The third-order valence-electron chi connectivity index (χ3n) is 3.48. The summed E-state index contributed by atoms with van der Waals surface area (Å²) in [5.41, 5.74) is 5.84. The molecule has 0 heterocycles. The minimum Gasteiger partial charge on any atom is -0.493 e. The number of carbonyl (C=O) groups excluding carboxylic acids is 1. The van der Waals surface area contributed by atoms with E-state index in [2.05, 4.69) is 5.32 Å². The molecule has 0 spiro atoms. The standard InChI is InChI=1S/C15H22N2O2/c16-12-6-8-13(9-7-12)17-15(18)10-11-19-14-4-2-1-3-5-14/h1-5,12-13H,6-11,16H2,(H,17,18). The second kappa shape index (κ2) is 7.14. The Morgan fingerprint density at radius 2 is 1.89 bits per heavy atom. The van der Waals surface area contributed by atoms with Crippen LogP contribution in [0.1, 0.15) is 32.1 Å². The van der Waals surface area contributed by atoms with Crippen molar-refractivity contribution < 1.29 is 9.53 Å². The van der Waals surface area contributed by atoms with E-state index in [1.807, 2.05) is 30.3 Å². The van der Waals surface area contributed by atoms with E-state index in [-0.39, 0.29) is 5.91 Å². The molecule has 0 bridgehead atoms. The lowest BCUT2D eigenvalue weighted by Gasteiger charge is -2.26. The van der Waals surface area contributed by atoms with Gasteiger partial charge in [-0.1, -0.05) is 18.2 Å². The summed E-state index contributed by atoms with van der Waals surface area (Å²) in [6.07, 6.45) is 4.40. The van der Waals surface area contributed by atoms with Crippen molar-refractivity contribution in [1.82, 2.24) is 5.32 Å². The van der Waals surface area contributed by atoms with E-state index in [1.165, 1.54) is 0 Å². The molecule has 0 saturated heterocycles. The van der Waals surface area contributed by atoms with Gasteiger partial charge in [-0.3, -0.25) is 4.79 Å². The summed E-state index contributed by atoms with van der Waals surface area (Å²) in [4.78, 5) is 11.8.